The van der Waals surface area contributed by atoms with Crippen molar-refractivity contribution in [3.05, 3.63) is 66.0 Å². The number of guanidine groups is 1. The van der Waals surface area contributed by atoms with Gasteiger partial charge in [0.1, 0.15) is 0 Å². The topological polar surface area (TPSA) is 40.5 Å². The predicted octanol–water partition coefficient (Wildman–Crippen LogP) is 2.95. The van der Waals surface area contributed by atoms with Crippen molar-refractivity contribution in [2.24, 2.45) is 4.99 Å². The van der Waals surface area contributed by atoms with Crippen LogP contribution in [-0.2, 0) is 13.0 Å². The first kappa shape index (κ1) is 18.4. The number of hydrogen-bond donors (Lipinski definition) is 1. The molecule has 0 aliphatic carbocycles. The molecule has 1 heterocycles. The summed E-state index contributed by atoms with van der Waals surface area (Å²) in [6.07, 6.45) is 2.71. The number of aromatic nitrogens is 1. The second-order valence-electron chi connectivity index (χ2n) is 4.89. The van der Waals surface area contributed by atoms with Gasteiger partial charge in [-0.2, -0.15) is 0 Å². The summed E-state index contributed by atoms with van der Waals surface area (Å²) in [5.74, 6) is 0.898. The van der Waals surface area contributed by atoms with Gasteiger partial charge < -0.3 is 10.2 Å². The van der Waals surface area contributed by atoms with Crippen LogP contribution in [0.2, 0.25) is 0 Å². The fourth-order valence-electron chi connectivity index (χ4n) is 2.17. The Morgan fingerprint density at radius 2 is 1.86 bits per heavy atom. The molecule has 0 amide bonds. The highest BCUT2D eigenvalue weighted by Crippen LogP contribution is 2.02. The molecule has 4 nitrogen and oxygen atoms in total. The Kier molecular flexibility index (Phi) is 8.50. The molecular weight excluding hydrogens is 387 g/mol. The largest absolute Gasteiger partial charge is 0.356 e. The number of nitrogens with zero attached hydrogens (tertiary/aromatic N) is 3. The maximum absolute atomic E-state index is 4.33. The molecule has 0 aliphatic heterocycles. The second kappa shape index (κ2) is 10.2. The number of halogens is 1. The quantitative estimate of drug-likeness (QED) is 0.468. The zero-order valence-corrected chi connectivity index (χ0v) is 15.4. The summed E-state index contributed by atoms with van der Waals surface area (Å²) < 4.78 is 0. The van der Waals surface area contributed by atoms with Crippen LogP contribution in [-0.4, -0.2) is 36.5 Å². The van der Waals surface area contributed by atoms with Crippen LogP contribution < -0.4 is 5.32 Å². The van der Waals surface area contributed by atoms with E-state index in [2.05, 4.69) is 44.5 Å². The number of benzene rings is 1. The standard InChI is InChI=1S/C17H22N4.HI/c1-18-17(20-13-11-16-10-6-7-12-19-16)21(2)14-15-8-4-3-5-9-15;/h3-10,12H,11,13-14H2,1-2H3,(H,18,20);1H. The molecule has 0 bridgehead atoms. The van der Waals surface area contributed by atoms with E-state index in [9.17, 15) is 0 Å². The van der Waals surface area contributed by atoms with E-state index in [1.807, 2.05) is 44.6 Å². The van der Waals surface area contributed by atoms with Gasteiger partial charge in [-0.15, -0.1) is 24.0 Å². The summed E-state index contributed by atoms with van der Waals surface area (Å²) in [6, 6.07) is 16.4. The molecule has 0 saturated carbocycles. The van der Waals surface area contributed by atoms with E-state index in [4.69, 9.17) is 0 Å². The van der Waals surface area contributed by atoms with Crippen molar-refractivity contribution in [3.63, 3.8) is 0 Å². The third-order valence-electron chi connectivity index (χ3n) is 3.23. The first-order valence-corrected chi connectivity index (χ1v) is 7.15. The maximum atomic E-state index is 4.33. The average Bonchev–Trinajstić information content (AvgIpc) is 2.53. The highest BCUT2D eigenvalue weighted by atomic mass is 127. The highest BCUT2D eigenvalue weighted by Gasteiger charge is 2.06. The van der Waals surface area contributed by atoms with Crippen molar-refractivity contribution in [2.45, 2.75) is 13.0 Å². The molecule has 1 N–H and O–H groups in total. The molecule has 0 unspecified atom stereocenters. The second-order valence-corrected chi connectivity index (χ2v) is 4.89. The Bertz CT molecular complexity index is 557. The molecular formula is C17H23IN4. The number of nitrogens with one attached hydrogen (secondary N) is 1. The fraction of sp³-hybridized carbons (Fsp3) is 0.294. The molecule has 0 atom stereocenters. The summed E-state index contributed by atoms with van der Waals surface area (Å²) in [4.78, 5) is 10.8. The van der Waals surface area contributed by atoms with Gasteiger partial charge in [-0.05, 0) is 17.7 Å². The minimum Gasteiger partial charge on any atom is -0.356 e. The van der Waals surface area contributed by atoms with Gasteiger partial charge in [-0.1, -0.05) is 36.4 Å². The summed E-state index contributed by atoms with van der Waals surface area (Å²) in [5.41, 5.74) is 2.36. The lowest BCUT2D eigenvalue weighted by atomic mass is 10.2. The fourth-order valence-corrected chi connectivity index (χ4v) is 2.17. The molecule has 0 radical (unpaired) electrons. The van der Waals surface area contributed by atoms with Crippen molar-refractivity contribution >= 4 is 29.9 Å². The van der Waals surface area contributed by atoms with E-state index >= 15 is 0 Å². The molecule has 118 valence electrons. The first-order chi connectivity index (χ1) is 10.3. The Morgan fingerprint density at radius 3 is 2.50 bits per heavy atom. The third kappa shape index (κ3) is 6.01. The normalized spacial score (nSPS) is 10.7. The molecule has 0 spiro atoms. The molecule has 1 aromatic heterocycles. The van der Waals surface area contributed by atoms with Crippen molar-refractivity contribution in [1.82, 2.24) is 15.2 Å². The van der Waals surface area contributed by atoms with Crippen LogP contribution in [0.25, 0.3) is 0 Å². The van der Waals surface area contributed by atoms with E-state index in [-0.39, 0.29) is 24.0 Å². The van der Waals surface area contributed by atoms with Gasteiger partial charge in [-0.3, -0.25) is 9.98 Å². The van der Waals surface area contributed by atoms with Crippen LogP contribution in [0.5, 0.6) is 0 Å². The maximum Gasteiger partial charge on any atom is 0.193 e. The van der Waals surface area contributed by atoms with Gasteiger partial charge >= 0.3 is 0 Å². The summed E-state index contributed by atoms with van der Waals surface area (Å²) in [7, 11) is 3.85. The molecule has 2 aromatic rings. The van der Waals surface area contributed by atoms with Crippen LogP contribution in [0, 0.1) is 0 Å². The SMILES string of the molecule is CN=C(NCCc1ccccn1)N(C)Cc1ccccc1.I. The van der Waals surface area contributed by atoms with Crippen LogP contribution in [0.1, 0.15) is 11.3 Å². The lowest BCUT2D eigenvalue weighted by Gasteiger charge is -2.22. The van der Waals surface area contributed by atoms with E-state index in [1.54, 1.807) is 0 Å². The summed E-state index contributed by atoms with van der Waals surface area (Å²) >= 11 is 0. The Morgan fingerprint density at radius 1 is 1.14 bits per heavy atom. The number of aliphatic imine (C=N–C) groups is 1. The Hall–Kier alpha value is -1.63. The molecule has 2 rings (SSSR count). The highest BCUT2D eigenvalue weighted by molar-refractivity contribution is 14.0. The zero-order chi connectivity index (χ0) is 14.9. The van der Waals surface area contributed by atoms with Crippen LogP contribution in [0.4, 0.5) is 0 Å². The van der Waals surface area contributed by atoms with Gasteiger partial charge in [0.2, 0.25) is 0 Å². The molecule has 5 heteroatoms. The van der Waals surface area contributed by atoms with E-state index in [0.717, 1.165) is 31.2 Å². The monoisotopic (exact) mass is 410 g/mol. The Balaban J connectivity index is 0.00000242. The van der Waals surface area contributed by atoms with Gasteiger partial charge in [0.15, 0.2) is 5.96 Å². The number of pyridine rings is 1. The average molecular weight is 410 g/mol. The lowest BCUT2D eigenvalue weighted by molar-refractivity contribution is 0.477. The minimum atomic E-state index is 0. The molecule has 0 saturated heterocycles. The van der Waals surface area contributed by atoms with E-state index in [0.29, 0.717) is 0 Å². The van der Waals surface area contributed by atoms with E-state index < -0.39 is 0 Å². The van der Waals surface area contributed by atoms with Crippen LogP contribution in [0.3, 0.4) is 0 Å². The molecule has 22 heavy (non-hydrogen) atoms. The number of hydrogen-bond acceptors (Lipinski definition) is 2. The van der Waals surface area contributed by atoms with E-state index in [1.165, 1.54) is 5.56 Å². The zero-order valence-electron chi connectivity index (χ0n) is 13.1. The molecule has 0 aliphatic rings. The third-order valence-corrected chi connectivity index (χ3v) is 3.23. The van der Waals surface area contributed by atoms with Crippen LogP contribution in [0.15, 0.2) is 59.7 Å². The van der Waals surface area contributed by atoms with Gasteiger partial charge in [0, 0.05) is 45.5 Å². The summed E-state index contributed by atoms with van der Waals surface area (Å²) in [5, 5.41) is 3.37. The van der Waals surface area contributed by atoms with Crippen molar-refractivity contribution in [3.8, 4) is 0 Å². The van der Waals surface area contributed by atoms with Gasteiger partial charge in [0.25, 0.3) is 0 Å². The van der Waals surface area contributed by atoms with Crippen molar-refractivity contribution in [2.75, 3.05) is 20.6 Å². The van der Waals surface area contributed by atoms with Crippen molar-refractivity contribution in [1.29, 1.82) is 0 Å². The summed E-state index contributed by atoms with van der Waals surface area (Å²) in [6.45, 7) is 1.66. The lowest BCUT2D eigenvalue weighted by Crippen LogP contribution is -2.39. The van der Waals surface area contributed by atoms with Crippen molar-refractivity contribution < 1.29 is 0 Å². The van der Waals surface area contributed by atoms with Gasteiger partial charge in [0.05, 0.1) is 0 Å². The molecule has 1 aromatic carbocycles. The molecule has 0 fully saturated rings. The first-order valence-electron chi connectivity index (χ1n) is 7.15. The van der Waals surface area contributed by atoms with Gasteiger partial charge in [-0.25, -0.2) is 0 Å². The smallest absolute Gasteiger partial charge is 0.193 e. The predicted molar refractivity (Wildman–Crippen MR) is 103 cm³/mol. The van der Waals surface area contributed by atoms with Crippen LogP contribution >= 0.6 is 24.0 Å². The number of rotatable bonds is 5. The minimum absolute atomic E-state index is 0. The Labute approximate surface area is 149 Å².